The van der Waals surface area contributed by atoms with Gasteiger partial charge in [-0.1, -0.05) is 83.4 Å². The number of aromatic nitrogens is 1. The third-order valence-electron chi connectivity index (χ3n) is 9.38. The molecule has 1 atom stereocenters. The van der Waals surface area contributed by atoms with E-state index in [2.05, 4.69) is 75.2 Å². The Bertz CT molecular complexity index is 1190. The molecule has 2 aromatic rings. The van der Waals surface area contributed by atoms with Crippen molar-refractivity contribution in [2.75, 3.05) is 0 Å². The first kappa shape index (κ1) is 28.4. The third kappa shape index (κ3) is 6.85. The third-order valence-corrected chi connectivity index (χ3v) is 9.38. The molecule has 0 bridgehead atoms. The molecule has 202 valence electrons. The Hall–Kier alpha value is -2.66. The van der Waals surface area contributed by atoms with Crippen molar-refractivity contribution in [3.63, 3.8) is 0 Å². The molecule has 1 aromatic carbocycles. The van der Waals surface area contributed by atoms with E-state index >= 15 is 0 Å². The molecule has 1 fully saturated rings. The smallest absolute Gasteiger partial charge is 0.0994 e. The van der Waals surface area contributed by atoms with Gasteiger partial charge < -0.3 is 0 Å². The summed E-state index contributed by atoms with van der Waals surface area (Å²) in [5.41, 5.74) is 9.96. The Kier molecular flexibility index (Phi) is 10.0. The first-order chi connectivity index (χ1) is 18.5. The highest BCUT2D eigenvalue weighted by Gasteiger charge is 2.30. The molecule has 0 N–H and O–H groups in total. The topological polar surface area (TPSA) is 36.7 Å². The Labute approximate surface area is 232 Å². The molecular weight excluding hydrogens is 460 g/mol. The van der Waals surface area contributed by atoms with Crippen molar-refractivity contribution in [1.29, 1.82) is 5.26 Å². The zero-order chi connectivity index (χ0) is 27.0. The van der Waals surface area contributed by atoms with E-state index in [9.17, 15) is 5.26 Å². The van der Waals surface area contributed by atoms with Gasteiger partial charge in [0.1, 0.15) is 0 Å². The van der Waals surface area contributed by atoms with Crippen LogP contribution in [-0.4, -0.2) is 4.98 Å². The second kappa shape index (κ2) is 13.4. The number of hydrogen-bond acceptors (Lipinski definition) is 2. The molecule has 2 aliphatic rings. The average Bonchev–Trinajstić information content (AvgIpc) is 2.94. The lowest BCUT2D eigenvalue weighted by Crippen LogP contribution is -2.23. The van der Waals surface area contributed by atoms with Gasteiger partial charge in [-0.25, -0.2) is 0 Å². The van der Waals surface area contributed by atoms with Gasteiger partial charge in [-0.2, -0.15) is 5.26 Å². The molecule has 1 aromatic heterocycles. The van der Waals surface area contributed by atoms with E-state index in [0.29, 0.717) is 5.41 Å². The number of benzene rings is 1. The van der Waals surface area contributed by atoms with Crippen LogP contribution in [0.3, 0.4) is 0 Å². The number of pyridine rings is 1. The summed E-state index contributed by atoms with van der Waals surface area (Å²) in [7, 11) is 0. The maximum Gasteiger partial charge on any atom is 0.0994 e. The van der Waals surface area contributed by atoms with Crippen LogP contribution >= 0.6 is 0 Å². The zero-order valence-corrected chi connectivity index (χ0v) is 24.4. The van der Waals surface area contributed by atoms with Gasteiger partial charge in [0.2, 0.25) is 0 Å². The number of nitriles is 1. The predicted octanol–water partition coefficient (Wildman–Crippen LogP) is 10.5. The van der Waals surface area contributed by atoms with Gasteiger partial charge in [0.05, 0.1) is 11.6 Å². The fraction of sp³-hybridized carbons (Fsp3) is 0.556. The number of aryl methyl sites for hydroxylation is 1. The summed E-state index contributed by atoms with van der Waals surface area (Å²) in [5.74, 6) is 0.729. The van der Waals surface area contributed by atoms with Gasteiger partial charge in [-0.15, -0.1) is 0 Å². The molecule has 1 heterocycles. The molecule has 0 spiro atoms. The van der Waals surface area contributed by atoms with Crippen LogP contribution in [-0.2, 0) is 6.42 Å². The number of rotatable bonds is 10. The van der Waals surface area contributed by atoms with Crippen molar-refractivity contribution in [1.82, 2.24) is 4.98 Å². The molecule has 2 nitrogen and oxygen atoms in total. The van der Waals surface area contributed by atoms with E-state index < -0.39 is 0 Å². The van der Waals surface area contributed by atoms with Gasteiger partial charge >= 0.3 is 0 Å². The zero-order valence-electron chi connectivity index (χ0n) is 24.4. The minimum absolute atomic E-state index is 0.511. The van der Waals surface area contributed by atoms with E-state index in [-0.39, 0.29) is 0 Å². The Balaban J connectivity index is 1.60. The number of unbranched alkanes of at least 4 members (excludes halogenated alkanes) is 1. The Morgan fingerprint density at radius 1 is 1.11 bits per heavy atom. The van der Waals surface area contributed by atoms with Crippen LogP contribution in [0, 0.1) is 29.6 Å². The predicted molar refractivity (Wildman–Crippen MR) is 162 cm³/mol. The molecule has 0 amide bonds. The number of allylic oxidation sites excluding steroid dienone is 3. The summed E-state index contributed by atoms with van der Waals surface area (Å²) in [6.07, 6.45) is 24.8. The van der Waals surface area contributed by atoms with E-state index in [1.807, 2.05) is 6.20 Å². The van der Waals surface area contributed by atoms with Crippen molar-refractivity contribution < 1.29 is 0 Å². The van der Waals surface area contributed by atoms with E-state index in [0.717, 1.165) is 29.2 Å². The van der Waals surface area contributed by atoms with Crippen LogP contribution in [0.1, 0.15) is 127 Å². The number of nitrogens with zero attached hydrogens (tertiary/aromatic N) is 2. The molecule has 0 radical (unpaired) electrons. The van der Waals surface area contributed by atoms with E-state index in [1.54, 1.807) is 0 Å². The van der Waals surface area contributed by atoms with Gasteiger partial charge in [0.25, 0.3) is 0 Å². The summed E-state index contributed by atoms with van der Waals surface area (Å²) in [5, 5.41) is 10.0. The minimum atomic E-state index is 0.511. The molecular formula is C36H48N2. The lowest BCUT2D eigenvalue weighted by molar-refractivity contribution is 0.204. The lowest BCUT2D eigenvalue weighted by Gasteiger charge is -2.37. The maximum absolute atomic E-state index is 10.0. The second-order valence-electron chi connectivity index (χ2n) is 12.2. The highest BCUT2D eigenvalue weighted by Crippen LogP contribution is 2.45. The van der Waals surface area contributed by atoms with Gasteiger partial charge in [0.15, 0.2) is 0 Å². The first-order valence-corrected chi connectivity index (χ1v) is 15.4. The fourth-order valence-corrected chi connectivity index (χ4v) is 7.01. The van der Waals surface area contributed by atoms with Crippen LogP contribution < -0.4 is 0 Å². The molecule has 2 heteroatoms. The SMILES string of the molecule is CCCCC1(CCC)CC=C(/C(C)=C/c2c(-c3ccc(CC4CCCCC4)c(C#N)c3)ccnc2C)CC1. The molecule has 2 aliphatic carbocycles. The van der Waals surface area contributed by atoms with Crippen LogP contribution in [0.4, 0.5) is 0 Å². The molecule has 1 unspecified atom stereocenters. The van der Waals surface area contributed by atoms with Crippen molar-refractivity contribution in [2.45, 2.75) is 118 Å². The average molecular weight is 509 g/mol. The summed E-state index contributed by atoms with van der Waals surface area (Å²) in [4.78, 5) is 4.65. The summed E-state index contributed by atoms with van der Waals surface area (Å²) < 4.78 is 0. The monoisotopic (exact) mass is 508 g/mol. The second-order valence-corrected chi connectivity index (χ2v) is 12.2. The van der Waals surface area contributed by atoms with Crippen molar-refractivity contribution >= 4 is 6.08 Å². The molecule has 0 aliphatic heterocycles. The molecule has 38 heavy (non-hydrogen) atoms. The highest BCUT2D eigenvalue weighted by atomic mass is 14.7. The summed E-state index contributed by atoms with van der Waals surface area (Å²) >= 11 is 0. The molecule has 1 saturated carbocycles. The maximum atomic E-state index is 10.0. The molecule has 0 saturated heterocycles. The molecule has 4 rings (SSSR count). The van der Waals surface area contributed by atoms with E-state index in [1.165, 1.54) is 111 Å². The summed E-state index contributed by atoms with van der Waals surface area (Å²) in [6.45, 7) is 9.03. The lowest BCUT2D eigenvalue weighted by atomic mass is 9.68. The quantitative estimate of drug-likeness (QED) is 0.320. The van der Waals surface area contributed by atoms with Crippen LogP contribution in [0.25, 0.3) is 17.2 Å². The normalized spacial score (nSPS) is 20.7. The minimum Gasteiger partial charge on any atom is -0.261 e. The van der Waals surface area contributed by atoms with E-state index in [4.69, 9.17) is 0 Å². The van der Waals surface area contributed by atoms with Crippen molar-refractivity contribution in [2.24, 2.45) is 11.3 Å². The van der Waals surface area contributed by atoms with Gasteiger partial charge in [0, 0.05) is 17.5 Å². The fourth-order valence-electron chi connectivity index (χ4n) is 7.01. The number of hydrogen-bond donors (Lipinski definition) is 0. The van der Waals surface area contributed by atoms with Crippen LogP contribution in [0.15, 0.2) is 47.7 Å². The first-order valence-electron chi connectivity index (χ1n) is 15.4. The highest BCUT2D eigenvalue weighted by molar-refractivity contribution is 5.78. The summed E-state index contributed by atoms with van der Waals surface area (Å²) in [6, 6.07) is 11.2. The van der Waals surface area contributed by atoms with Crippen molar-refractivity contribution in [3.8, 4) is 17.2 Å². The van der Waals surface area contributed by atoms with Crippen LogP contribution in [0.2, 0.25) is 0 Å². The van der Waals surface area contributed by atoms with Crippen molar-refractivity contribution in [3.05, 3.63) is 70.1 Å². The standard InChI is InChI=1S/C36H48N2/c1-5-7-19-36(18-6-2)20-15-30(16-21-36)27(3)23-35-28(4)38-22-17-34(35)32-14-13-31(33(25-32)26-37)24-29-11-9-8-10-12-29/h13-15,17,22-23,25,29H,5-12,16,18-21,24H2,1-4H3/b27-23+. The Morgan fingerprint density at radius 3 is 2.61 bits per heavy atom. The Morgan fingerprint density at radius 2 is 1.92 bits per heavy atom. The van der Waals surface area contributed by atoms with Crippen LogP contribution in [0.5, 0.6) is 0 Å². The van der Waals surface area contributed by atoms with Gasteiger partial charge in [-0.05, 0) is 110 Å². The van der Waals surface area contributed by atoms with Gasteiger partial charge in [-0.3, -0.25) is 4.98 Å². The largest absolute Gasteiger partial charge is 0.261 e.